The lowest BCUT2D eigenvalue weighted by molar-refractivity contribution is 0.501. The lowest BCUT2D eigenvalue weighted by Gasteiger charge is -2.13. The van der Waals surface area contributed by atoms with Gasteiger partial charge in [-0.2, -0.15) is 0 Å². The SMILES string of the molecule is Cn1nncc1CN[C@H]1CC[C@@H](c2cccc(F)c2)C1. The van der Waals surface area contributed by atoms with Crippen LogP contribution < -0.4 is 5.32 Å². The average Bonchev–Trinajstić information content (AvgIpc) is 3.05. The maximum absolute atomic E-state index is 13.3. The molecule has 1 aliphatic carbocycles. The summed E-state index contributed by atoms with van der Waals surface area (Å²) in [6.07, 6.45) is 5.10. The van der Waals surface area contributed by atoms with Gasteiger partial charge in [0.05, 0.1) is 11.9 Å². The second-order valence-corrected chi connectivity index (χ2v) is 5.49. The molecule has 0 spiro atoms. The number of hydrogen-bond acceptors (Lipinski definition) is 3. The normalized spacial score (nSPS) is 22.3. The molecule has 0 saturated heterocycles. The lowest BCUT2D eigenvalue weighted by Crippen LogP contribution is -2.26. The highest BCUT2D eigenvalue weighted by Gasteiger charge is 2.25. The number of aryl methyl sites for hydroxylation is 1. The van der Waals surface area contributed by atoms with Gasteiger partial charge < -0.3 is 5.32 Å². The van der Waals surface area contributed by atoms with Crippen LogP contribution in [0.5, 0.6) is 0 Å². The standard InChI is InChI=1S/C15H19FN4/c1-20-15(10-18-19-20)9-17-14-6-5-12(8-14)11-3-2-4-13(16)7-11/h2-4,7,10,12,14,17H,5-6,8-9H2,1H3/t12-,14+/m1/s1. The van der Waals surface area contributed by atoms with Crippen molar-refractivity contribution in [2.24, 2.45) is 7.05 Å². The molecule has 4 nitrogen and oxygen atoms in total. The third kappa shape index (κ3) is 2.88. The fourth-order valence-corrected chi connectivity index (χ4v) is 2.95. The minimum atomic E-state index is -0.139. The first-order valence-electron chi connectivity index (χ1n) is 7.05. The molecule has 1 N–H and O–H groups in total. The van der Waals surface area contributed by atoms with E-state index >= 15 is 0 Å². The maximum Gasteiger partial charge on any atom is 0.123 e. The molecular weight excluding hydrogens is 255 g/mol. The van der Waals surface area contributed by atoms with Gasteiger partial charge in [0, 0.05) is 19.6 Å². The summed E-state index contributed by atoms with van der Waals surface area (Å²) in [5, 5.41) is 11.3. The number of halogens is 1. The van der Waals surface area contributed by atoms with Crippen LogP contribution in [0.4, 0.5) is 4.39 Å². The summed E-state index contributed by atoms with van der Waals surface area (Å²) in [6.45, 7) is 0.782. The van der Waals surface area contributed by atoms with Crippen molar-refractivity contribution in [1.82, 2.24) is 20.3 Å². The second kappa shape index (κ2) is 5.71. The van der Waals surface area contributed by atoms with Crippen LogP contribution in [0.1, 0.15) is 36.4 Å². The minimum absolute atomic E-state index is 0.139. The van der Waals surface area contributed by atoms with Crippen LogP contribution in [-0.2, 0) is 13.6 Å². The molecule has 1 fully saturated rings. The molecule has 2 aromatic rings. The van der Waals surface area contributed by atoms with Gasteiger partial charge in [-0.1, -0.05) is 17.3 Å². The molecule has 20 heavy (non-hydrogen) atoms. The number of rotatable bonds is 4. The van der Waals surface area contributed by atoms with Crippen LogP contribution in [-0.4, -0.2) is 21.0 Å². The third-order valence-corrected chi connectivity index (χ3v) is 4.13. The summed E-state index contributed by atoms with van der Waals surface area (Å²) in [5.74, 6) is 0.327. The van der Waals surface area contributed by atoms with E-state index in [2.05, 4.69) is 15.6 Å². The van der Waals surface area contributed by atoms with Crippen molar-refractivity contribution >= 4 is 0 Å². The zero-order chi connectivity index (χ0) is 13.9. The molecule has 5 heteroatoms. The highest BCUT2D eigenvalue weighted by Crippen LogP contribution is 2.34. The van der Waals surface area contributed by atoms with Crippen LogP contribution >= 0.6 is 0 Å². The first-order valence-corrected chi connectivity index (χ1v) is 7.05. The van der Waals surface area contributed by atoms with E-state index in [0.717, 1.165) is 37.1 Å². The summed E-state index contributed by atoms with van der Waals surface area (Å²) < 4.78 is 15.0. The Hall–Kier alpha value is -1.75. The molecule has 106 valence electrons. The molecule has 3 rings (SSSR count). The predicted molar refractivity (Wildman–Crippen MR) is 74.6 cm³/mol. The van der Waals surface area contributed by atoms with Crippen LogP contribution in [0.3, 0.4) is 0 Å². The van der Waals surface area contributed by atoms with E-state index in [1.54, 1.807) is 23.0 Å². The zero-order valence-corrected chi connectivity index (χ0v) is 11.6. The van der Waals surface area contributed by atoms with E-state index < -0.39 is 0 Å². The summed E-state index contributed by atoms with van der Waals surface area (Å²) in [7, 11) is 1.90. The summed E-state index contributed by atoms with van der Waals surface area (Å²) in [6, 6.07) is 7.48. The summed E-state index contributed by atoms with van der Waals surface area (Å²) >= 11 is 0. The van der Waals surface area contributed by atoms with Crippen molar-refractivity contribution in [1.29, 1.82) is 0 Å². The quantitative estimate of drug-likeness (QED) is 0.931. The van der Waals surface area contributed by atoms with Crippen molar-refractivity contribution in [3.8, 4) is 0 Å². The topological polar surface area (TPSA) is 42.7 Å². The van der Waals surface area contributed by atoms with Crippen LogP contribution in [0.2, 0.25) is 0 Å². The molecule has 1 aromatic heterocycles. The van der Waals surface area contributed by atoms with E-state index in [4.69, 9.17) is 0 Å². The minimum Gasteiger partial charge on any atom is -0.308 e. The Balaban J connectivity index is 1.56. The molecule has 1 aliphatic rings. The first-order chi connectivity index (χ1) is 9.72. The molecule has 1 heterocycles. The zero-order valence-electron chi connectivity index (χ0n) is 11.6. The Kier molecular flexibility index (Phi) is 3.78. The van der Waals surface area contributed by atoms with Crippen molar-refractivity contribution in [2.75, 3.05) is 0 Å². The molecule has 1 aromatic carbocycles. The summed E-state index contributed by atoms with van der Waals surface area (Å²) in [5.41, 5.74) is 2.20. The molecule has 1 saturated carbocycles. The first kappa shape index (κ1) is 13.2. The van der Waals surface area contributed by atoms with Gasteiger partial charge in [-0.3, -0.25) is 4.68 Å². The molecular formula is C15H19FN4. The smallest absolute Gasteiger partial charge is 0.123 e. The maximum atomic E-state index is 13.3. The highest BCUT2D eigenvalue weighted by atomic mass is 19.1. The van der Waals surface area contributed by atoms with Gasteiger partial charge >= 0.3 is 0 Å². The monoisotopic (exact) mass is 274 g/mol. The fraction of sp³-hybridized carbons (Fsp3) is 0.467. The van der Waals surface area contributed by atoms with E-state index in [9.17, 15) is 4.39 Å². The van der Waals surface area contributed by atoms with Crippen molar-refractivity contribution in [3.63, 3.8) is 0 Å². The van der Waals surface area contributed by atoms with Gasteiger partial charge in [0.2, 0.25) is 0 Å². The van der Waals surface area contributed by atoms with E-state index in [1.165, 1.54) is 6.07 Å². The number of nitrogens with zero attached hydrogens (tertiary/aromatic N) is 3. The van der Waals surface area contributed by atoms with Gasteiger partial charge in [-0.05, 0) is 42.9 Å². The molecule has 0 unspecified atom stereocenters. The number of nitrogens with one attached hydrogen (secondary N) is 1. The highest BCUT2D eigenvalue weighted by molar-refractivity contribution is 5.22. The average molecular weight is 274 g/mol. The Bertz CT molecular complexity index is 581. The van der Waals surface area contributed by atoms with Crippen molar-refractivity contribution in [3.05, 3.63) is 47.5 Å². The number of aromatic nitrogens is 3. The Morgan fingerprint density at radius 2 is 2.30 bits per heavy atom. The summed E-state index contributed by atoms with van der Waals surface area (Å²) in [4.78, 5) is 0. The fourth-order valence-electron chi connectivity index (χ4n) is 2.95. The Morgan fingerprint density at radius 3 is 3.05 bits per heavy atom. The third-order valence-electron chi connectivity index (χ3n) is 4.13. The largest absolute Gasteiger partial charge is 0.308 e. The van der Waals surface area contributed by atoms with Crippen molar-refractivity contribution in [2.45, 2.75) is 37.8 Å². The van der Waals surface area contributed by atoms with Gasteiger partial charge in [0.1, 0.15) is 5.82 Å². The van der Waals surface area contributed by atoms with Crippen LogP contribution in [0.15, 0.2) is 30.5 Å². The molecule has 0 aliphatic heterocycles. The van der Waals surface area contributed by atoms with Gasteiger partial charge in [0.25, 0.3) is 0 Å². The molecule has 0 bridgehead atoms. The van der Waals surface area contributed by atoms with Crippen LogP contribution in [0, 0.1) is 5.82 Å². The van der Waals surface area contributed by atoms with Gasteiger partial charge in [-0.25, -0.2) is 4.39 Å². The Labute approximate surface area is 118 Å². The van der Waals surface area contributed by atoms with Crippen molar-refractivity contribution < 1.29 is 4.39 Å². The van der Waals surface area contributed by atoms with Crippen LogP contribution in [0.25, 0.3) is 0 Å². The molecule has 0 radical (unpaired) electrons. The van der Waals surface area contributed by atoms with E-state index in [1.807, 2.05) is 13.1 Å². The predicted octanol–water partition coefficient (Wildman–Crippen LogP) is 2.38. The van der Waals surface area contributed by atoms with E-state index in [0.29, 0.717) is 12.0 Å². The molecule has 0 amide bonds. The number of benzene rings is 1. The lowest BCUT2D eigenvalue weighted by atomic mass is 9.97. The van der Waals surface area contributed by atoms with E-state index in [-0.39, 0.29) is 5.82 Å². The molecule has 2 atom stereocenters. The Morgan fingerprint density at radius 1 is 1.40 bits per heavy atom. The number of hydrogen-bond donors (Lipinski definition) is 1. The van der Waals surface area contributed by atoms with Gasteiger partial charge in [0.15, 0.2) is 0 Å². The van der Waals surface area contributed by atoms with Gasteiger partial charge in [-0.15, -0.1) is 5.10 Å². The second-order valence-electron chi connectivity index (χ2n) is 5.49.